The number of rotatable bonds is 1. The van der Waals surface area contributed by atoms with Gasteiger partial charge in [0.1, 0.15) is 12.7 Å². The molecule has 2 aliphatic carbocycles. The molecule has 4 aliphatic rings. The largest absolute Gasteiger partial charge is 0.472 e. The van der Waals surface area contributed by atoms with Gasteiger partial charge in [0.15, 0.2) is 5.60 Å². The number of ether oxygens (including phenoxy) is 2. The van der Waals surface area contributed by atoms with Crippen molar-refractivity contribution in [2.45, 2.75) is 44.0 Å². The third-order valence-corrected chi connectivity index (χ3v) is 7.56. The zero-order valence-corrected chi connectivity index (χ0v) is 15.0. The monoisotopic (exact) mass is 374 g/mol. The third kappa shape index (κ3) is 1.79. The van der Waals surface area contributed by atoms with Crippen molar-refractivity contribution in [1.82, 2.24) is 0 Å². The Morgan fingerprint density at radius 3 is 2.81 bits per heavy atom. The topological polar surface area (TPSA) is 106 Å². The van der Waals surface area contributed by atoms with Crippen molar-refractivity contribution >= 4 is 11.9 Å². The van der Waals surface area contributed by atoms with E-state index in [1.165, 1.54) is 12.3 Å². The first-order valence-corrected chi connectivity index (χ1v) is 9.35. The van der Waals surface area contributed by atoms with E-state index in [1.54, 1.807) is 18.4 Å². The Hall–Kier alpha value is -2.12. The minimum absolute atomic E-state index is 0.101. The van der Waals surface area contributed by atoms with E-state index in [0.29, 0.717) is 12.8 Å². The Labute approximate surface area is 155 Å². The molecule has 2 spiro atoms. The van der Waals surface area contributed by atoms with E-state index in [2.05, 4.69) is 0 Å². The van der Waals surface area contributed by atoms with Crippen molar-refractivity contribution in [2.24, 2.45) is 22.7 Å². The Bertz CT molecular complexity index is 829. The lowest BCUT2D eigenvalue weighted by Crippen LogP contribution is -2.68. The average molecular weight is 374 g/mol. The summed E-state index contributed by atoms with van der Waals surface area (Å²) in [6, 6.07) is 1.77. The lowest BCUT2D eigenvalue weighted by molar-refractivity contribution is -0.208. The molecule has 0 bridgehead atoms. The number of cyclic esters (lactones) is 2. The maximum Gasteiger partial charge on any atom is 0.343 e. The number of carbonyl (C=O) groups excluding carboxylic acids is 2. The third-order valence-electron chi connectivity index (χ3n) is 7.56. The van der Waals surface area contributed by atoms with Gasteiger partial charge in [0.25, 0.3) is 0 Å². The normalized spacial score (nSPS) is 48.3. The number of aliphatic hydroxyl groups is 2. The summed E-state index contributed by atoms with van der Waals surface area (Å²) in [7, 11) is 0. The average Bonchev–Trinajstić information content (AvgIpc) is 3.32. The fraction of sp³-hybridized carbons (Fsp3) is 0.600. The lowest BCUT2D eigenvalue weighted by Gasteiger charge is -2.58. The summed E-state index contributed by atoms with van der Waals surface area (Å²) in [6.45, 7) is 1.83. The highest BCUT2D eigenvalue weighted by atomic mass is 16.6. The fourth-order valence-corrected chi connectivity index (χ4v) is 6.12. The second kappa shape index (κ2) is 5.23. The molecule has 2 N–H and O–H groups in total. The maximum absolute atomic E-state index is 13.2. The molecule has 3 heterocycles. The van der Waals surface area contributed by atoms with Gasteiger partial charge in [0.05, 0.1) is 29.5 Å². The van der Waals surface area contributed by atoms with Crippen LogP contribution in [0.3, 0.4) is 0 Å². The first-order chi connectivity index (χ1) is 12.9. The summed E-state index contributed by atoms with van der Waals surface area (Å²) in [6.07, 6.45) is 6.03. The number of esters is 2. The van der Waals surface area contributed by atoms with Crippen LogP contribution in [-0.4, -0.2) is 40.5 Å². The van der Waals surface area contributed by atoms with Gasteiger partial charge in [0.2, 0.25) is 0 Å². The Morgan fingerprint density at radius 2 is 2.07 bits per heavy atom. The first-order valence-electron chi connectivity index (χ1n) is 9.35. The van der Waals surface area contributed by atoms with Gasteiger partial charge >= 0.3 is 11.9 Å². The molecule has 0 radical (unpaired) electrons. The van der Waals surface area contributed by atoms with Gasteiger partial charge in [-0.1, -0.05) is 13.0 Å². The Kier molecular flexibility index (Phi) is 3.30. The number of carbonyl (C=O) groups is 2. The smallest absolute Gasteiger partial charge is 0.343 e. The highest BCUT2D eigenvalue weighted by Crippen LogP contribution is 2.68. The second-order valence-electron chi connectivity index (χ2n) is 8.42. The van der Waals surface area contributed by atoms with Crippen LogP contribution in [0.4, 0.5) is 0 Å². The second-order valence-corrected chi connectivity index (χ2v) is 8.42. The molecule has 1 aromatic rings. The minimum atomic E-state index is -1.92. The molecule has 1 saturated carbocycles. The maximum atomic E-state index is 13.2. The van der Waals surface area contributed by atoms with Gasteiger partial charge in [-0.25, -0.2) is 4.79 Å². The molecule has 7 unspecified atom stereocenters. The summed E-state index contributed by atoms with van der Waals surface area (Å²) in [5, 5.41) is 22.2. The van der Waals surface area contributed by atoms with Crippen LogP contribution in [0.15, 0.2) is 35.2 Å². The molecule has 1 aromatic heterocycles. The Balaban J connectivity index is 1.65. The summed E-state index contributed by atoms with van der Waals surface area (Å²) in [5.74, 6) is -1.73. The standard InChI is InChI=1S/C20H22O7/c1-11-7-15(21)19-10-26-17(23)20(19,24)5-2-3-14(19)18(11)8-13(27-16(18)22)12-4-6-25-9-12/h2,4-6,9,11,13-15,21,24H,3,7-8,10H2,1H3. The van der Waals surface area contributed by atoms with Crippen LogP contribution in [0.1, 0.15) is 37.9 Å². The number of aliphatic hydroxyl groups excluding tert-OH is 1. The molecule has 2 aliphatic heterocycles. The molecule has 5 rings (SSSR count). The summed E-state index contributed by atoms with van der Waals surface area (Å²) >= 11 is 0. The van der Waals surface area contributed by atoms with Crippen LogP contribution < -0.4 is 0 Å². The van der Waals surface area contributed by atoms with E-state index in [1.807, 2.05) is 6.92 Å². The number of hydrogen-bond donors (Lipinski definition) is 2. The number of allylic oxidation sites excluding steroid dienone is 1. The predicted molar refractivity (Wildman–Crippen MR) is 90.0 cm³/mol. The van der Waals surface area contributed by atoms with Crippen molar-refractivity contribution in [3.05, 3.63) is 36.3 Å². The molecule has 144 valence electrons. The van der Waals surface area contributed by atoms with E-state index in [9.17, 15) is 19.8 Å². The predicted octanol–water partition coefficient (Wildman–Crippen LogP) is 1.51. The van der Waals surface area contributed by atoms with E-state index in [4.69, 9.17) is 13.9 Å². The molecular formula is C20H22O7. The zero-order valence-electron chi connectivity index (χ0n) is 15.0. The molecule has 2 saturated heterocycles. The molecular weight excluding hydrogens is 352 g/mol. The minimum Gasteiger partial charge on any atom is -0.472 e. The van der Waals surface area contributed by atoms with Crippen LogP contribution in [0.25, 0.3) is 0 Å². The van der Waals surface area contributed by atoms with Gasteiger partial charge in [-0.2, -0.15) is 0 Å². The molecule has 0 aromatic carbocycles. The first kappa shape index (κ1) is 17.0. The molecule has 27 heavy (non-hydrogen) atoms. The van der Waals surface area contributed by atoms with E-state index < -0.39 is 40.5 Å². The summed E-state index contributed by atoms with van der Waals surface area (Å²) in [5.41, 5.74) is -3.28. The van der Waals surface area contributed by atoms with Crippen LogP contribution in [0.2, 0.25) is 0 Å². The molecule has 7 atom stereocenters. The van der Waals surface area contributed by atoms with Gasteiger partial charge in [-0.3, -0.25) is 4.79 Å². The summed E-state index contributed by atoms with van der Waals surface area (Å²) < 4.78 is 16.1. The van der Waals surface area contributed by atoms with Gasteiger partial charge in [0, 0.05) is 12.0 Å². The van der Waals surface area contributed by atoms with E-state index >= 15 is 0 Å². The van der Waals surface area contributed by atoms with Gasteiger partial charge in [-0.15, -0.1) is 0 Å². The van der Waals surface area contributed by atoms with Crippen LogP contribution >= 0.6 is 0 Å². The van der Waals surface area contributed by atoms with Gasteiger partial charge in [-0.05, 0) is 36.8 Å². The van der Waals surface area contributed by atoms with Gasteiger partial charge < -0.3 is 24.1 Å². The van der Waals surface area contributed by atoms with Crippen LogP contribution in [-0.2, 0) is 19.1 Å². The van der Waals surface area contributed by atoms with Crippen LogP contribution in [0, 0.1) is 22.7 Å². The molecule has 0 amide bonds. The lowest BCUT2D eigenvalue weighted by atomic mass is 9.43. The molecule has 3 fully saturated rings. The highest BCUT2D eigenvalue weighted by molar-refractivity contribution is 5.87. The van der Waals surface area contributed by atoms with Crippen molar-refractivity contribution in [1.29, 1.82) is 0 Å². The van der Waals surface area contributed by atoms with Crippen molar-refractivity contribution in [3.8, 4) is 0 Å². The number of fused-ring (bicyclic) bond motifs is 1. The zero-order chi connectivity index (χ0) is 19.0. The Morgan fingerprint density at radius 1 is 1.26 bits per heavy atom. The van der Waals surface area contributed by atoms with Crippen LogP contribution in [0.5, 0.6) is 0 Å². The number of furan rings is 1. The highest BCUT2D eigenvalue weighted by Gasteiger charge is 2.77. The SMILES string of the molecule is CC1CC(O)C23COC(=O)C2(O)C=CCC3C12CC(c1ccoc1)OC2=O. The van der Waals surface area contributed by atoms with Crippen molar-refractivity contribution < 1.29 is 33.7 Å². The number of hydrogen-bond acceptors (Lipinski definition) is 7. The quantitative estimate of drug-likeness (QED) is 0.567. The molecule has 7 nitrogen and oxygen atoms in total. The fourth-order valence-electron chi connectivity index (χ4n) is 6.12. The van der Waals surface area contributed by atoms with Crippen molar-refractivity contribution in [3.63, 3.8) is 0 Å². The van der Waals surface area contributed by atoms with E-state index in [0.717, 1.165) is 5.56 Å². The molecule has 7 heteroatoms. The van der Waals surface area contributed by atoms with Crippen molar-refractivity contribution in [2.75, 3.05) is 6.61 Å². The van der Waals surface area contributed by atoms with E-state index in [-0.39, 0.29) is 24.9 Å². The summed E-state index contributed by atoms with van der Waals surface area (Å²) in [4.78, 5) is 25.6.